The number of anilines is 2. The molecule has 218 valence electrons. The van der Waals surface area contributed by atoms with Gasteiger partial charge in [0.1, 0.15) is 17.3 Å². The molecule has 2 N–H and O–H groups in total. The number of piperazine rings is 1. The fraction of sp³-hybridized carbons (Fsp3) is 0.357. The molecule has 14 heteroatoms. The Labute approximate surface area is 240 Å². The molecular formula is C28H31FN10O3. The van der Waals surface area contributed by atoms with Crippen LogP contribution in [0.3, 0.4) is 0 Å². The first-order valence-electron chi connectivity index (χ1n) is 13.6. The molecule has 1 fully saturated rings. The largest absolute Gasteiger partial charge is 0.476 e. The molecule has 1 aliphatic rings. The van der Waals surface area contributed by atoms with Gasteiger partial charge in [0.25, 0.3) is 0 Å². The molecular weight excluding hydrogens is 543 g/mol. The van der Waals surface area contributed by atoms with Crippen molar-refractivity contribution in [2.75, 3.05) is 50.5 Å². The third-order valence-corrected chi connectivity index (χ3v) is 7.30. The number of nitrogens with two attached hydrogens (primary N) is 1. The highest BCUT2D eigenvalue weighted by Crippen LogP contribution is 2.28. The van der Waals surface area contributed by atoms with E-state index in [4.69, 9.17) is 15.2 Å². The highest BCUT2D eigenvalue weighted by Gasteiger charge is 2.31. The van der Waals surface area contributed by atoms with Gasteiger partial charge in [-0.2, -0.15) is 9.50 Å². The summed E-state index contributed by atoms with van der Waals surface area (Å²) in [6.07, 6.45) is 3.42. The number of carbonyl (C=O) groups is 1. The fourth-order valence-electron chi connectivity index (χ4n) is 5.05. The number of hydrogen-bond donors (Lipinski definition) is 1. The maximum absolute atomic E-state index is 15.0. The van der Waals surface area contributed by atoms with E-state index in [1.807, 2.05) is 27.7 Å². The van der Waals surface area contributed by atoms with Crippen LogP contribution >= 0.6 is 0 Å². The van der Waals surface area contributed by atoms with Crippen LogP contribution in [-0.4, -0.2) is 90.4 Å². The van der Waals surface area contributed by atoms with Gasteiger partial charge >= 0.3 is 5.97 Å². The molecule has 4 aromatic heterocycles. The number of hydrogen-bond acceptors (Lipinski definition) is 11. The number of nitrogen functional groups attached to an aromatic ring is 1. The summed E-state index contributed by atoms with van der Waals surface area (Å²) in [5.74, 6) is -0.000249. The number of imidazole rings is 1. The minimum Gasteiger partial charge on any atom is -0.476 e. The van der Waals surface area contributed by atoms with Crippen LogP contribution in [0.4, 0.5) is 16.0 Å². The average Bonchev–Trinajstić information content (AvgIpc) is 3.61. The second-order valence-corrected chi connectivity index (χ2v) is 10.5. The number of ether oxygens (including phenoxy) is 2. The third kappa shape index (κ3) is 5.16. The van der Waals surface area contributed by atoms with E-state index in [0.29, 0.717) is 53.7 Å². The van der Waals surface area contributed by atoms with E-state index in [1.54, 1.807) is 38.5 Å². The zero-order valence-electron chi connectivity index (χ0n) is 23.6. The lowest BCUT2D eigenvalue weighted by atomic mass is 10.1. The summed E-state index contributed by atoms with van der Waals surface area (Å²) in [6.45, 7) is 7.42. The summed E-state index contributed by atoms with van der Waals surface area (Å²) >= 11 is 0. The van der Waals surface area contributed by atoms with E-state index in [0.717, 1.165) is 19.6 Å². The van der Waals surface area contributed by atoms with Crippen LogP contribution in [0.1, 0.15) is 13.8 Å². The molecule has 0 radical (unpaired) electrons. The number of aromatic nitrogens is 7. The minimum absolute atomic E-state index is 0.217. The SMILES string of the molecule is COC(=O)C(C)(C)Oc1ccc(N2CCN(CCn3cnc4c3nc(N)n3nc(-c5ccccn5)nc43)CC2)c(F)c1. The molecule has 0 aliphatic carbocycles. The number of pyridine rings is 1. The van der Waals surface area contributed by atoms with Gasteiger partial charge in [-0.3, -0.25) is 9.88 Å². The van der Waals surface area contributed by atoms with E-state index >= 15 is 4.39 Å². The predicted molar refractivity (Wildman–Crippen MR) is 153 cm³/mol. The van der Waals surface area contributed by atoms with Gasteiger partial charge in [-0.1, -0.05) is 6.07 Å². The van der Waals surface area contributed by atoms with Crippen molar-refractivity contribution in [3.8, 4) is 17.3 Å². The van der Waals surface area contributed by atoms with Crippen LogP contribution in [-0.2, 0) is 16.1 Å². The number of halogens is 1. The number of benzene rings is 1. The van der Waals surface area contributed by atoms with Crippen molar-refractivity contribution in [2.24, 2.45) is 0 Å². The second kappa shape index (κ2) is 10.9. The van der Waals surface area contributed by atoms with Gasteiger partial charge in [-0.05, 0) is 38.1 Å². The van der Waals surface area contributed by atoms with Crippen molar-refractivity contribution in [3.63, 3.8) is 0 Å². The molecule has 1 aromatic carbocycles. The van der Waals surface area contributed by atoms with Gasteiger partial charge in [0.2, 0.25) is 11.8 Å². The lowest BCUT2D eigenvalue weighted by molar-refractivity contribution is -0.156. The van der Waals surface area contributed by atoms with Crippen LogP contribution in [0.15, 0.2) is 48.9 Å². The Morgan fingerprint density at radius 1 is 1.05 bits per heavy atom. The number of fused-ring (bicyclic) bond motifs is 3. The Kier molecular flexibility index (Phi) is 7.06. The van der Waals surface area contributed by atoms with Gasteiger partial charge in [-0.15, -0.1) is 5.10 Å². The summed E-state index contributed by atoms with van der Waals surface area (Å²) in [5, 5.41) is 4.47. The molecule has 5 aromatic rings. The highest BCUT2D eigenvalue weighted by atomic mass is 19.1. The average molecular weight is 575 g/mol. The Balaban J connectivity index is 1.09. The zero-order chi connectivity index (χ0) is 29.4. The Morgan fingerprint density at radius 2 is 1.86 bits per heavy atom. The smallest absolute Gasteiger partial charge is 0.349 e. The van der Waals surface area contributed by atoms with Crippen LogP contribution < -0.4 is 15.4 Å². The van der Waals surface area contributed by atoms with Crippen molar-refractivity contribution >= 4 is 34.4 Å². The van der Waals surface area contributed by atoms with E-state index in [1.165, 1.54) is 17.7 Å². The van der Waals surface area contributed by atoms with Gasteiger partial charge in [0, 0.05) is 51.5 Å². The van der Waals surface area contributed by atoms with Crippen LogP contribution in [0.5, 0.6) is 5.75 Å². The lowest BCUT2D eigenvalue weighted by Gasteiger charge is -2.36. The van der Waals surface area contributed by atoms with Crippen molar-refractivity contribution in [2.45, 2.75) is 26.0 Å². The first-order chi connectivity index (χ1) is 20.2. The van der Waals surface area contributed by atoms with Gasteiger partial charge in [-0.25, -0.2) is 19.2 Å². The van der Waals surface area contributed by atoms with Crippen molar-refractivity contribution < 1.29 is 18.7 Å². The molecule has 0 atom stereocenters. The number of carbonyl (C=O) groups excluding carboxylic acids is 1. The van der Waals surface area contributed by atoms with Crippen molar-refractivity contribution in [1.82, 2.24) is 39.0 Å². The van der Waals surface area contributed by atoms with E-state index in [-0.39, 0.29) is 11.7 Å². The van der Waals surface area contributed by atoms with E-state index < -0.39 is 17.4 Å². The third-order valence-electron chi connectivity index (χ3n) is 7.30. The topological polar surface area (TPSA) is 142 Å². The Hall–Kier alpha value is -4.85. The van der Waals surface area contributed by atoms with Gasteiger partial charge < -0.3 is 24.7 Å². The van der Waals surface area contributed by atoms with Gasteiger partial charge in [0.05, 0.1) is 19.1 Å². The number of esters is 1. The normalized spacial score (nSPS) is 14.5. The molecule has 6 rings (SSSR count). The summed E-state index contributed by atoms with van der Waals surface area (Å²) in [4.78, 5) is 34.3. The maximum Gasteiger partial charge on any atom is 0.349 e. The lowest BCUT2D eigenvalue weighted by Crippen LogP contribution is -2.47. The summed E-state index contributed by atoms with van der Waals surface area (Å²) < 4.78 is 28.9. The Bertz CT molecular complexity index is 1750. The van der Waals surface area contributed by atoms with Crippen LogP contribution in [0.2, 0.25) is 0 Å². The first kappa shape index (κ1) is 27.3. The first-order valence-corrected chi connectivity index (χ1v) is 13.6. The Morgan fingerprint density at radius 3 is 2.57 bits per heavy atom. The summed E-state index contributed by atoms with van der Waals surface area (Å²) in [7, 11) is 1.29. The fourth-order valence-corrected chi connectivity index (χ4v) is 5.05. The quantitative estimate of drug-likeness (QED) is 0.273. The molecule has 42 heavy (non-hydrogen) atoms. The highest BCUT2D eigenvalue weighted by molar-refractivity contribution is 5.87. The maximum atomic E-state index is 15.0. The van der Waals surface area contributed by atoms with Crippen LogP contribution in [0.25, 0.3) is 28.3 Å². The van der Waals surface area contributed by atoms with Crippen LogP contribution in [0, 0.1) is 5.82 Å². The molecule has 0 amide bonds. The van der Waals surface area contributed by atoms with Gasteiger partial charge in [0.15, 0.2) is 22.4 Å². The molecule has 13 nitrogen and oxygen atoms in total. The molecule has 0 unspecified atom stereocenters. The summed E-state index contributed by atoms with van der Waals surface area (Å²) in [6, 6.07) is 10.2. The van der Waals surface area contributed by atoms with E-state index in [2.05, 4.69) is 29.9 Å². The predicted octanol–water partition coefficient (Wildman–Crippen LogP) is 2.41. The number of methoxy groups -OCH3 is 1. The standard InChI is InChI=1S/C28H31FN10O3/c1-28(2,26(40)41-3)42-18-7-8-21(19(29)16-18)37-13-10-36(11-14-37)12-15-38-17-32-22-24(38)34-27(30)39-25(22)33-23(35-39)20-6-4-5-9-31-20/h4-9,16-17H,10-15H2,1-3H3,(H2,30,34). The number of nitrogens with zero attached hydrogens (tertiary/aromatic N) is 9. The van der Waals surface area contributed by atoms with Crippen molar-refractivity contribution in [3.05, 3.63) is 54.7 Å². The van der Waals surface area contributed by atoms with Crippen molar-refractivity contribution in [1.29, 1.82) is 0 Å². The monoisotopic (exact) mass is 574 g/mol. The molecule has 1 aliphatic heterocycles. The summed E-state index contributed by atoms with van der Waals surface area (Å²) in [5.41, 5.74) is 7.93. The number of rotatable bonds is 8. The molecule has 0 saturated carbocycles. The van der Waals surface area contributed by atoms with E-state index in [9.17, 15) is 4.79 Å². The molecule has 0 bridgehead atoms. The molecule has 5 heterocycles. The minimum atomic E-state index is -1.22. The molecule has 1 saturated heterocycles. The zero-order valence-corrected chi connectivity index (χ0v) is 23.6. The second-order valence-electron chi connectivity index (χ2n) is 10.5. The molecule has 0 spiro atoms.